The van der Waals surface area contributed by atoms with E-state index in [9.17, 15) is 10.0 Å². The quantitative estimate of drug-likeness (QED) is 0.189. The van der Waals surface area contributed by atoms with Crippen molar-refractivity contribution < 1.29 is 10.0 Å². The van der Waals surface area contributed by atoms with Crippen LogP contribution in [0.2, 0.25) is 0 Å². The summed E-state index contributed by atoms with van der Waals surface area (Å²) in [6.07, 6.45) is 0. The first-order chi connectivity index (χ1) is 21.7. The van der Waals surface area contributed by atoms with Gasteiger partial charge in [-0.25, -0.2) is 0 Å². The summed E-state index contributed by atoms with van der Waals surface area (Å²) in [6.45, 7) is 0. The lowest BCUT2D eigenvalue weighted by molar-refractivity contribution is 0.426. The van der Waals surface area contributed by atoms with Crippen LogP contribution in [0.5, 0.6) is 0 Å². The number of benzene rings is 7. The van der Waals surface area contributed by atoms with Crippen molar-refractivity contribution in [2.75, 3.05) is 4.90 Å². The topological polar surface area (TPSA) is 43.7 Å². The maximum Gasteiger partial charge on any atom is 0.488 e. The smallest absolute Gasteiger partial charge is 0.423 e. The third-order valence-corrected chi connectivity index (χ3v) is 8.10. The van der Waals surface area contributed by atoms with Crippen molar-refractivity contribution in [3.8, 4) is 33.4 Å². The molecule has 0 atom stereocenters. The van der Waals surface area contributed by atoms with Crippen LogP contribution in [-0.4, -0.2) is 17.2 Å². The monoisotopic (exact) mass is 567 g/mol. The molecule has 7 aromatic carbocycles. The summed E-state index contributed by atoms with van der Waals surface area (Å²) < 4.78 is 0. The van der Waals surface area contributed by atoms with E-state index >= 15 is 0 Å². The lowest BCUT2D eigenvalue weighted by Crippen LogP contribution is -2.30. The summed E-state index contributed by atoms with van der Waals surface area (Å²) in [7, 11) is -1.57. The average molecular weight is 567 g/mol. The predicted molar refractivity (Wildman–Crippen MR) is 185 cm³/mol. The van der Waals surface area contributed by atoms with E-state index in [1.54, 1.807) is 6.07 Å². The van der Waals surface area contributed by atoms with Crippen LogP contribution < -0.4 is 10.4 Å². The molecule has 0 amide bonds. The molecule has 0 spiro atoms. The minimum atomic E-state index is -1.57. The Kier molecular flexibility index (Phi) is 7.52. The molecule has 4 heteroatoms. The summed E-state index contributed by atoms with van der Waals surface area (Å²) in [5.74, 6) is 0. The highest BCUT2D eigenvalue weighted by molar-refractivity contribution is 6.58. The molecule has 7 rings (SSSR count). The van der Waals surface area contributed by atoms with Crippen molar-refractivity contribution in [1.29, 1.82) is 0 Å². The summed E-state index contributed by atoms with van der Waals surface area (Å²) in [5, 5.41) is 22.6. The zero-order chi connectivity index (χ0) is 29.9. The van der Waals surface area contributed by atoms with Gasteiger partial charge in [0.15, 0.2) is 0 Å². The van der Waals surface area contributed by atoms with Gasteiger partial charge in [0.2, 0.25) is 0 Å². The van der Waals surface area contributed by atoms with Gasteiger partial charge in [-0.05, 0) is 62.8 Å². The van der Waals surface area contributed by atoms with E-state index in [-0.39, 0.29) is 0 Å². The molecule has 2 N–H and O–H groups in total. The molecule has 0 aliphatic heterocycles. The van der Waals surface area contributed by atoms with Gasteiger partial charge in [-0.3, -0.25) is 0 Å². The van der Waals surface area contributed by atoms with Gasteiger partial charge >= 0.3 is 7.12 Å². The van der Waals surface area contributed by atoms with E-state index in [0.717, 1.165) is 44.9 Å². The van der Waals surface area contributed by atoms with Crippen molar-refractivity contribution in [3.05, 3.63) is 170 Å². The van der Waals surface area contributed by atoms with E-state index in [4.69, 9.17) is 0 Å². The van der Waals surface area contributed by atoms with Crippen LogP contribution in [0.4, 0.5) is 17.1 Å². The number of nitrogens with zero attached hydrogens (tertiary/aromatic N) is 1. The molecular formula is C40H30BNO2. The predicted octanol–water partition coefficient (Wildman–Crippen LogP) is 8.99. The van der Waals surface area contributed by atoms with Crippen molar-refractivity contribution in [1.82, 2.24) is 0 Å². The zero-order valence-corrected chi connectivity index (χ0v) is 24.1. The van der Waals surface area contributed by atoms with Gasteiger partial charge in [0.25, 0.3) is 0 Å². The molecular weight excluding hydrogens is 537 g/mol. The van der Waals surface area contributed by atoms with Crippen LogP contribution in [-0.2, 0) is 0 Å². The van der Waals surface area contributed by atoms with Gasteiger partial charge in [0.05, 0.1) is 11.4 Å². The first kappa shape index (κ1) is 27.4. The molecule has 210 valence electrons. The number of hydrogen-bond donors (Lipinski definition) is 2. The van der Waals surface area contributed by atoms with Crippen molar-refractivity contribution in [2.24, 2.45) is 0 Å². The summed E-state index contributed by atoms with van der Waals surface area (Å²) in [5.41, 5.74) is 9.81. The van der Waals surface area contributed by atoms with Gasteiger partial charge in [-0.2, -0.15) is 0 Å². The maximum atomic E-state index is 10.1. The third kappa shape index (κ3) is 5.29. The minimum absolute atomic E-state index is 0.440. The van der Waals surface area contributed by atoms with Gasteiger partial charge in [-0.1, -0.05) is 146 Å². The number of hydrogen-bond acceptors (Lipinski definition) is 3. The van der Waals surface area contributed by atoms with Crippen molar-refractivity contribution >= 4 is 40.4 Å². The Morgan fingerprint density at radius 1 is 0.409 bits per heavy atom. The molecule has 0 unspecified atom stereocenters. The molecule has 0 radical (unpaired) electrons. The molecule has 0 heterocycles. The zero-order valence-electron chi connectivity index (χ0n) is 24.1. The van der Waals surface area contributed by atoms with E-state index < -0.39 is 7.12 Å². The third-order valence-electron chi connectivity index (χ3n) is 8.10. The van der Waals surface area contributed by atoms with Crippen LogP contribution >= 0.6 is 0 Å². The van der Waals surface area contributed by atoms with Crippen LogP contribution in [0.25, 0.3) is 44.2 Å². The maximum absolute atomic E-state index is 10.1. The Hall–Kier alpha value is -5.42. The molecule has 0 fully saturated rings. The highest BCUT2D eigenvalue weighted by atomic mass is 16.4. The van der Waals surface area contributed by atoms with E-state index in [1.807, 2.05) is 36.4 Å². The van der Waals surface area contributed by atoms with Gasteiger partial charge < -0.3 is 14.9 Å². The molecule has 0 saturated heterocycles. The van der Waals surface area contributed by atoms with Crippen LogP contribution in [0.15, 0.2) is 170 Å². The lowest BCUT2D eigenvalue weighted by Gasteiger charge is -2.30. The molecule has 0 aliphatic rings. The van der Waals surface area contributed by atoms with E-state index in [0.29, 0.717) is 5.46 Å². The fraction of sp³-hybridized carbons (Fsp3) is 0. The van der Waals surface area contributed by atoms with E-state index in [1.165, 1.54) is 16.3 Å². The molecule has 0 aliphatic carbocycles. The van der Waals surface area contributed by atoms with Gasteiger partial charge in [0, 0.05) is 16.8 Å². The first-order valence-corrected chi connectivity index (χ1v) is 14.8. The second-order valence-corrected chi connectivity index (χ2v) is 10.8. The lowest BCUT2D eigenvalue weighted by atomic mass is 9.78. The molecule has 0 saturated carbocycles. The highest BCUT2D eigenvalue weighted by Crippen LogP contribution is 2.44. The Morgan fingerprint density at radius 2 is 0.955 bits per heavy atom. The molecule has 0 aromatic heterocycles. The van der Waals surface area contributed by atoms with Gasteiger partial charge in [-0.15, -0.1) is 0 Å². The Balaban J connectivity index is 1.45. The van der Waals surface area contributed by atoms with Crippen molar-refractivity contribution in [3.63, 3.8) is 0 Å². The Labute approximate surface area is 258 Å². The molecule has 3 nitrogen and oxygen atoms in total. The van der Waals surface area contributed by atoms with Crippen molar-refractivity contribution in [2.45, 2.75) is 0 Å². The normalized spacial score (nSPS) is 11.0. The SMILES string of the molecule is OB(O)c1ccc(N(c2ccc(-c3cccc4ccccc34)cc2)c2ccccc2-c2ccccc2)c(-c2ccccc2)c1. The summed E-state index contributed by atoms with van der Waals surface area (Å²) in [4.78, 5) is 2.27. The second kappa shape index (κ2) is 12.1. The van der Waals surface area contributed by atoms with Gasteiger partial charge in [0.1, 0.15) is 0 Å². The second-order valence-electron chi connectivity index (χ2n) is 10.8. The van der Waals surface area contributed by atoms with Crippen LogP contribution in [0, 0.1) is 0 Å². The number of fused-ring (bicyclic) bond motifs is 1. The fourth-order valence-corrected chi connectivity index (χ4v) is 5.96. The summed E-state index contributed by atoms with van der Waals surface area (Å²) in [6, 6.07) is 58.2. The average Bonchev–Trinajstić information content (AvgIpc) is 3.09. The standard InChI is InChI=1S/C40H30BNO2/c43-41(44)33-24-27-40(38(28-33)31-14-5-2-6-15-31)42(39-21-10-9-19-37(39)30-12-3-1-4-13-30)34-25-22-32(23-26-34)36-20-11-17-29-16-7-8-18-35(29)36/h1-28,43-44H. The molecule has 7 aromatic rings. The fourth-order valence-electron chi connectivity index (χ4n) is 5.96. The number of para-hydroxylation sites is 1. The molecule has 44 heavy (non-hydrogen) atoms. The largest absolute Gasteiger partial charge is 0.488 e. The molecule has 0 bridgehead atoms. The van der Waals surface area contributed by atoms with E-state index in [2.05, 4.69) is 132 Å². The Morgan fingerprint density at radius 3 is 1.68 bits per heavy atom. The van der Waals surface area contributed by atoms with Crippen LogP contribution in [0.1, 0.15) is 0 Å². The number of rotatable bonds is 7. The first-order valence-electron chi connectivity index (χ1n) is 14.8. The van der Waals surface area contributed by atoms with Crippen LogP contribution in [0.3, 0.4) is 0 Å². The highest BCUT2D eigenvalue weighted by Gasteiger charge is 2.22. The number of anilines is 3. The Bertz CT molecular complexity index is 2040. The summed E-state index contributed by atoms with van der Waals surface area (Å²) >= 11 is 0. The minimum Gasteiger partial charge on any atom is -0.423 e.